The van der Waals surface area contributed by atoms with E-state index < -0.39 is 18.0 Å². The molecule has 0 aliphatic heterocycles. The van der Waals surface area contributed by atoms with Crippen molar-refractivity contribution in [3.05, 3.63) is 0 Å². The van der Waals surface area contributed by atoms with Gasteiger partial charge in [-0.25, -0.2) is 4.79 Å². The quantitative estimate of drug-likeness (QED) is 0.604. The van der Waals surface area contributed by atoms with E-state index in [-0.39, 0.29) is 0 Å². The van der Waals surface area contributed by atoms with Crippen molar-refractivity contribution >= 4 is 23.5 Å². The van der Waals surface area contributed by atoms with E-state index in [0.29, 0.717) is 24.8 Å². The van der Waals surface area contributed by atoms with Gasteiger partial charge in [0.25, 0.3) is 0 Å². The number of nitrogens with one attached hydrogen (secondary N) is 2. The second kappa shape index (κ2) is 7.48. The molecule has 0 aliphatic rings. The molecule has 0 aromatic rings. The Kier molecular flexibility index (Phi) is 7.07. The molecular weight excluding hydrogens is 218 g/mol. The molecule has 0 fully saturated rings. The van der Waals surface area contributed by atoms with Gasteiger partial charge in [-0.2, -0.15) is 0 Å². The third-order valence-electron chi connectivity index (χ3n) is 1.68. The average molecular weight is 236 g/mol. The molecule has 3 amide bonds. The molecule has 0 aliphatic carbocycles. The molecule has 0 aromatic carbocycles. The van der Waals surface area contributed by atoms with Crippen molar-refractivity contribution in [3.8, 4) is 0 Å². The van der Waals surface area contributed by atoms with E-state index in [9.17, 15) is 9.59 Å². The first-order chi connectivity index (χ1) is 6.97. The first-order valence-corrected chi connectivity index (χ1v) is 5.41. The van der Waals surface area contributed by atoms with Gasteiger partial charge in [-0.3, -0.25) is 10.1 Å². The fourth-order valence-electron chi connectivity index (χ4n) is 1.02. The van der Waals surface area contributed by atoms with E-state index in [1.165, 1.54) is 0 Å². The Labute approximate surface area is 94.7 Å². The minimum absolute atomic E-state index is 0.305. The van der Waals surface area contributed by atoms with Crippen molar-refractivity contribution in [2.45, 2.75) is 26.3 Å². The minimum Gasteiger partial charge on any atom is -0.337 e. The maximum Gasteiger partial charge on any atom is 0.321 e. The van der Waals surface area contributed by atoms with Gasteiger partial charge < -0.3 is 11.1 Å². The number of nitrogens with two attached hydrogens (primary N) is 1. The lowest BCUT2D eigenvalue weighted by Gasteiger charge is -2.13. The summed E-state index contributed by atoms with van der Waals surface area (Å²) in [5, 5.41) is 4.56. The van der Waals surface area contributed by atoms with Gasteiger partial charge in [0.15, 0.2) is 0 Å². The third kappa shape index (κ3) is 7.16. The highest BCUT2D eigenvalue weighted by molar-refractivity contribution is 6.18. The standard InChI is InChI=1S/C9H18ClN3O2/c1-6(2)5-7(11)8(14)13-9(15)12-4-3-10/h6-7H,3-5,11H2,1-2H3,(H2,12,13,14,15). The van der Waals surface area contributed by atoms with Gasteiger partial charge in [-0.1, -0.05) is 13.8 Å². The largest absolute Gasteiger partial charge is 0.337 e. The Morgan fingerprint density at radius 1 is 1.40 bits per heavy atom. The summed E-state index contributed by atoms with van der Waals surface area (Å²) in [6, 6.07) is -1.20. The zero-order chi connectivity index (χ0) is 11.8. The molecule has 1 atom stereocenters. The topological polar surface area (TPSA) is 84.2 Å². The normalized spacial score (nSPS) is 12.3. The summed E-state index contributed by atoms with van der Waals surface area (Å²) in [5.74, 6) is 0.159. The zero-order valence-corrected chi connectivity index (χ0v) is 9.80. The van der Waals surface area contributed by atoms with Crippen molar-refractivity contribution in [2.75, 3.05) is 12.4 Å². The van der Waals surface area contributed by atoms with E-state index in [1.54, 1.807) is 0 Å². The summed E-state index contributed by atoms with van der Waals surface area (Å²) in [6.07, 6.45) is 0.550. The van der Waals surface area contributed by atoms with Gasteiger partial charge in [0.1, 0.15) is 0 Å². The van der Waals surface area contributed by atoms with Gasteiger partial charge in [0.05, 0.1) is 6.04 Å². The molecule has 0 rings (SSSR count). The molecule has 5 nitrogen and oxygen atoms in total. The molecule has 15 heavy (non-hydrogen) atoms. The van der Waals surface area contributed by atoms with E-state index in [4.69, 9.17) is 17.3 Å². The van der Waals surface area contributed by atoms with Crippen LogP contribution >= 0.6 is 11.6 Å². The molecule has 0 aromatic heterocycles. The number of halogens is 1. The maximum atomic E-state index is 11.3. The minimum atomic E-state index is -0.647. The fraction of sp³-hybridized carbons (Fsp3) is 0.778. The van der Waals surface area contributed by atoms with Crippen LogP contribution < -0.4 is 16.4 Å². The van der Waals surface area contributed by atoms with Crippen LogP contribution in [0.3, 0.4) is 0 Å². The van der Waals surface area contributed by atoms with E-state index in [1.807, 2.05) is 13.8 Å². The zero-order valence-electron chi connectivity index (χ0n) is 9.05. The Morgan fingerprint density at radius 3 is 2.47 bits per heavy atom. The summed E-state index contributed by atoms with van der Waals surface area (Å²) < 4.78 is 0. The predicted molar refractivity (Wildman–Crippen MR) is 59.7 cm³/mol. The lowest BCUT2D eigenvalue weighted by atomic mass is 10.0. The van der Waals surface area contributed by atoms with Crippen molar-refractivity contribution in [2.24, 2.45) is 11.7 Å². The average Bonchev–Trinajstić information content (AvgIpc) is 2.13. The van der Waals surface area contributed by atoms with Crippen molar-refractivity contribution in [1.29, 1.82) is 0 Å². The second-order valence-electron chi connectivity index (χ2n) is 3.67. The molecule has 4 N–H and O–H groups in total. The second-order valence-corrected chi connectivity index (χ2v) is 4.05. The van der Waals surface area contributed by atoms with Crippen molar-refractivity contribution in [1.82, 2.24) is 10.6 Å². The first-order valence-electron chi connectivity index (χ1n) is 4.87. The summed E-state index contributed by atoms with van der Waals surface area (Å²) in [4.78, 5) is 22.4. The van der Waals surface area contributed by atoms with Crippen molar-refractivity contribution in [3.63, 3.8) is 0 Å². The van der Waals surface area contributed by atoms with Gasteiger partial charge in [0, 0.05) is 12.4 Å². The smallest absolute Gasteiger partial charge is 0.321 e. The number of carbonyl (C=O) groups excluding carboxylic acids is 2. The summed E-state index contributed by atoms with van der Waals surface area (Å²) >= 11 is 5.36. The van der Waals surface area contributed by atoms with Gasteiger partial charge >= 0.3 is 6.03 Å². The number of imide groups is 1. The number of hydrogen-bond donors (Lipinski definition) is 3. The van der Waals surface area contributed by atoms with Crippen LogP contribution in [0.4, 0.5) is 4.79 Å². The number of hydrogen-bond acceptors (Lipinski definition) is 3. The van der Waals surface area contributed by atoms with E-state index in [2.05, 4.69) is 10.6 Å². The summed E-state index contributed by atoms with van der Waals surface area (Å²) in [7, 11) is 0. The van der Waals surface area contributed by atoms with Crippen molar-refractivity contribution < 1.29 is 9.59 Å². The monoisotopic (exact) mass is 235 g/mol. The summed E-state index contributed by atoms with van der Waals surface area (Å²) in [6.45, 7) is 4.24. The Hall–Kier alpha value is -0.810. The number of urea groups is 1. The van der Waals surface area contributed by atoms with Crippen LogP contribution in [0.5, 0.6) is 0 Å². The number of rotatable bonds is 5. The molecule has 0 spiro atoms. The molecule has 0 saturated heterocycles. The highest BCUT2D eigenvalue weighted by Gasteiger charge is 2.16. The first kappa shape index (κ1) is 14.2. The highest BCUT2D eigenvalue weighted by Crippen LogP contribution is 2.02. The number of alkyl halides is 1. The molecule has 88 valence electrons. The fourth-order valence-corrected chi connectivity index (χ4v) is 1.12. The summed E-state index contributed by atoms with van der Waals surface area (Å²) in [5.41, 5.74) is 5.58. The van der Waals surface area contributed by atoms with Crippen LogP contribution in [-0.4, -0.2) is 30.4 Å². The Bertz CT molecular complexity index is 221. The third-order valence-corrected chi connectivity index (χ3v) is 1.87. The van der Waals surface area contributed by atoms with Gasteiger partial charge in [-0.05, 0) is 12.3 Å². The molecule has 1 unspecified atom stereocenters. The molecule has 0 bridgehead atoms. The van der Waals surface area contributed by atoms with Crippen LogP contribution in [0.15, 0.2) is 0 Å². The molecule has 0 heterocycles. The van der Waals surface area contributed by atoms with Crippen LogP contribution in [0.25, 0.3) is 0 Å². The van der Waals surface area contributed by atoms with E-state index in [0.717, 1.165) is 0 Å². The number of amides is 3. The highest BCUT2D eigenvalue weighted by atomic mass is 35.5. The van der Waals surface area contributed by atoms with Crippen LogP contribution in [0.1, 0.15) is 20.3 Å². The lowest BCUT2D eigenvalue weighted by molar-refractivity contribution is -0.121. The Balaban J connectivity index is 3.85. The van der Waals surface area contributed by atoms with Gasteiger partial charge in [0.2, 0.25) is 5.91 Å². The van der Waals surface area contributed by atoms with Crippen LogP contribution in [-0.2, 0) is 4.79 Å². The van der Waals surface area contributed by atoms with E-state index >= 15 is 0 Å². The SMILES string of the molecule is CC(C)CC(N)C(=O)NC(=O)NCCCl. The van der Waals surface area contributed by atoms with Crippen LogP contribution in [0.2, 0.25) is 0 Å². The molecule has 0 radical (unpaired) electrons. The molecule has 6 heteroatoms. The maximum absolute atomic E-state index is 11.3. The Morgan fingerprint density at radius 2 is 2.00 bits per heavy atom. The lowest BCUT2D eigenvalue weighted by Crippen LogP contribution is -2.48. The van der Waals surface area contributed by atoms with Crippen LogP contribution in [0, 0.1) is 5.92 Å². The van der Waals surface area contributed by atoms with Gasteiger partial charge in [-0.15, -0.1) is 11.6 Å². The number of carbonyl (C=O) groups is 2. The molecule has 0 saturated carbocycles. The molecular formula is C9H18ClN3O2. The predicted octanol–water partition coefficient (Wildman–Crippen LogP) is 0.424.